The number of rotatable bonds is 4. The number of morpholine rings is 1. The summed E-state index contributed by atoms with van der Waals surface area (Å²) in [4.78, 5) is 7.58. The SMILES string of the molecule is CC1(C)CC(NCc2cc3cc4c(cc3nc2N2CCOCC2)CCC4)CCO1. The van der Waals surface area contributed by atoms with Gasteiger partial charge in [-0.3, -0.25) is 0 Å². The molecule has 0 radical (unpaired) electrons. The molecule has 0 amide bonds. The number of nitrogens with one attached hydrogen (secondary N) is 1. The van der Waals surface area contributed by atoms with Crippen molar-refractivity contribution < 1.29 is 9.47 Å². The molecule has 1 N–H and O–H groups in total. The van der Waals surface area contributed by atoms with Crippen molar-refractivity contribution in [3.05, 3.63) is 34.9 Å². The molecule has 5 heteroatoms. The highest BCUT2D eigenvalue weighted by atomic mass is 16.5. The van der Waals surface area contributed by atoms with Gasteiger partial charge in [0.1, 0.15) is 5.82 Å². The third-order valence-electron chi connectivity index (χ3n) is 6.67. The predicted octanol–water partition coefficient (Wildman–Crippen LogP) is 3.61. The maximum Gasteiger partial charge on any atom is 0.133 e. The van der Waals surface area contributed by atoms with E-state index in [0.29, 0.717) is 6.04 Å². The van der Waals surface area contributed by atoms with Crippen molar-refractivity contribution in [1.82, 2.24) is 10.3 Å². The third-order valence-corrected chi connectivity index (χ3v) is 6.67. The van der Waals surface area contributed by atoms with Gasteiger partial charge in [0.05, 0.1) is 24.3 Å². The number of ether oxygens (including phenoxy) is 2. The number of anilines is 1. The van der Waals surface area contributed by atoms with E-state index < -0.39 is 0 Å². The van der Waals surface area contributed by atoms with Crippen LogP contribution in [0.1, 0.15) is 49.8 Å². The van der Waals surface area contributed by atoms with Crippen molar-refractivity contribution >= 4 is 16.7 Å². The van der Waals surface area contributed by atoms with Crippen molar-refractivity contribution in [3.8, 4) is 0 Å². The van der Waals surface area contributed by atoms with Crippen molar-refractivity contribution in [3.63, 3.8) is 0 Å². The molecule has 5 rings (SSSR count). The lowest BCUT2D eigenvalue weighted by Crippen LogP contribution is -2.43. The molecule has 1 atom stereocenters. The van der Waals surface area contributed by atoms with E-state index in [1.54, 1.807) is 0 Å². The molecule has 0 spiro atoms. The molecule has 1 aliphatic carbocycles. The van der Waals surface area contributed by atoms with Crippen molar-refractivity contribution in [2.45, 2.75) is 64.1 Å². The monoisotopic (exact) mass is 395 g/mol. The molecule has 2 saturated heterocycles. The Morgan fingerprint density at radius 3 is 2.69 bits per heavy atom. The van der Waals surface area contributed by atoms with Gasteiger partial charge in [0.15, 0.2) is 0 Å². The molecule has 1 aromatic carbocycles. The normalized spacial score (nSPS) is 24.1. The largest absolute Gasteiger partial charge is 0.378 e. The number of pyridine rings is 1. The molecule has 3 aliphatic rings. The van der Waals surface area contributed by atoms with Gasteiger partial charge in [0.2, 0.25) is 0 Å². The average Bonchev–Trinajstić information content (AvgIpc) is 3.17. The first-order chi connectivity index (χ1) is 14.1. The van der Waals surface area contributed by atoms with Crippen LogP contribution in [0.15, 0.2) is 18.2 Å². The second-order valence-electron chi connectivity index (χ2n) is 9.42. The van der Waals surface area contributed by atoms with Crippen LogP contribution in [0.3, 0.4) is 0 Å². The maximum atomic E-state index is 5.89. The summed E-state index contributed by atoms with van der Waals surface area (Å²) >= 11 is 0. The van der Waals surface area contributed by atoms with Crippen molar-refractivity contribution in [2.24, 2.45) is 0 Å². The second-order valence-corrected chi connectivity index (χ2v) is 9.42. The molecule has 29 heavy (non-hydrogen) atoms. The van der Waals surface area contributed by atoms with Gasteiger partial charge in [-0.05, 0) is 75.3 Å². The summed E-state index contributed by atoms with van der Waals surface area (Å²) in [7, 11) is 0. The fourth-order valence-electron chi connectivity index (χ4n) is 5.12. The maximum absolute atomic E-state index is 5.89. The van der Waals surface area contributed by atoms with E-state index in [-0.39, 0.29) is 5.60 Å². The van der Waals surface area contributed by atoms with E-state index >= 15 is 0 Å². The van der Waals surface area contributed by atoms with Gasteiger partial charge in [-0.25, -0.2) is 4.98 Å². The van der Waals surface area contributed by atoms with Crippen LogP contribution in [0.4, 0.5) is 5.82 Å². The van der Waals surface area contributed by atoms with Gasteiger partial charge in [0.25, 0.3) is 0 Å². The zero-order valence-corrected chi connectivity index (χ0v) is 17.8. The molecule has 156 valence electrons. The van der Waals surface area contributed by atoms with Crippen LogP contribution in [0, 0.1) is 0 Å². The number of fused-ring (bicyclic) bond motifs is 2. The zero-order chi connectivity index (χ0) is 19.8. The van der Waals surface area contributed by atoms with E-state index in [9.17, 15) is 0 Å². The average molecular weight is 396 g/mol. The number of aryl methyl sites for hydroxylation is 2. The summed E-state index contributed by atoms with van der Waals surface area (Å²) in [5.74, 6) is 1.14. The zero-order valence-electron chi connectivity index (χ0n) is 17.8. The summed E-state index contributed by atoms with van der Waals surface area (Å²) < 4.78 is 11.5. The lowest BCUT2D eigenvalue weighted by Gasteiger charge is -2.36. The smallest absolute Gasteiger partial charge is 0.133 e. The van der Waals surface area contributed by atoms with E-state index in [4.69, 9.17) is 14.5 Å². The lowest BCUT2D eigenvalue weighted by atomic mass is 9.94. The number of hydrogen-bond donors (Lipinski definition) is 1. The van der Waals surface area contributed by atoms with E-state index in [1.807, 2.05) is 0 Å². The quantitative estimate of drug-likeness (QED) is 0.857. The molecule has 5 nitrogen and oxygen atoms in total. The summed E-state index contributed by atoms with van der Waals surface area (Å²) in [5, 5.41) is 5.10. The van der Waals surface area contributed by atoms with Gasteiger partial charge < -0.3 is 19.7 Å². The van der Waals surface area contributed by atoms with Crippen LogP contribution in [0.5, 0.6) is 0 Å². The van der Waals surface area contributed by atoms with E-state index in [2.05, 4.69) is 42.3 Å². The highest BCUT2D eigenvalue weighted by Crippen LogP contribution is 2.31. The molecule has 1 aromatic heterocycles. The number of nitrogens with zero attached hydrogens (tertiary/aromatic N) is 2. The predicted molar refractivity (Wildman–Crippen MR) is 117 cm³/mol. The minimum Gasteiger partial charge on any atom is -0.378 e. The molecule has 2 aliphatic heterocycles. The summed E-state index contributed by atoms with van der Waals surface area (Å²) in [6.45, 7) is 9.48. The molecule has 0 bridgehead atoms. The fourth-order valence-corrected chi connectivity index (χ4v) is 5.12. The van der Waals surface area contributed by atoms with E-state index in [1.165, 1.54) is 41.3 Å². The second kappa shape index (κ2) is 7.86. The number of aromatic nitrogens is 1. The summed E-state index contributed by atoms with van der Waals surface area (Å²) in [6, 6.07) is 7.59. The molecule has 2 aromatic rings. The Balaban J connectivity index is 1.45. The topological polar surface area (TPSA) is 46.6 Å². The van der Waals surface area contributed by atoms with Crippen LogP contribution < -0.4 is 10.2 Å². The van der Waals surface area contributed by atoms with Crippen LogP contribution in [-0.2, 0) is 28.9 Å². The molecule has 1 unspecified atom stereocenters. The fraction of sp³-hybridized carbons (Fsp3) is 0.625. The van der Waals surface area contributed by atoms with Gasteiger partial charge in [-0.1, -0.05) is 0 Å². The van der Waals surface area contributed by atoms with E-state index in [0.717, 1.165) is 63.6 Å². The minimum atomic E-state index is -0.0366. The Hall–Kier alpha value is -1.69. The highest BCUT2D eigenvalue weighted by molar-refractivity contribution is 5.84. The molecule has 0 saturated carbocycles. The standard InChI is InChI=1S/C24H33N3O2/c1-24(2)15-21(6-9-29-24)25-16-20-13-19-12-17-4-3-5-18(17)14-22(19)26-23(20)27-7-10-28-11-8-27/h12-14,21,25H,3-11,15-16H2,1-2H3. The van der Waals surface area contributed by atoms with Crippen molar-refractivity contribution in [1.29, 1.82) is 0 Å². The van der Waals surface area contributed by atoms with Crippen LogP contribution >= 0.6 is 0 Å². The Kier molecular flexibility index (Phi) is 5.23. The Morgan fingerprint density at radius 2 is 1.90 bits per heavy atom. The van der Waals surface area contributed by atoms with Gasteiger partial charge in [-0.15, -0.1) is 0 Å². The Bertz CT molecular complexity index is 889. The van der Waals surface area contributed by atoms with Crippen LogP contribution in [0.25, 0.3) is 10.9 Å². The Labute approximate surface area is 173 Å². The first-order valence-electron chi connectivity index (χ1n) is 11.2. The van der Waals surface area contributed by atoms with Gasteiger partial charge in [0, 0.05) is 43.2 Å². The number of benzene rings is 1. The first-order valence-corrected chi connectivity index (χ1v) is 11.2. The molecule has 3 heterocycles. The molecule has 2 fully saturated rings. The first kappa shape index (κ1) is 19.3. The van der Waals surface area contributed by atoms with Crippen LogP contribution in [-0.4, -0.2) is 49.5 Å². The van der Waals surface area contributed by atoms with Crippen molar-refractivity contribution in [2.75, 3.05) is 37.8 Å². The van der Waals surface area contributed by atoms with Gasteiger partial charge in [-0.2, -0.15) is 0 Å². The highest BCUT2D eigenvalue weighted by Gasteiger charge is 2.29. The minimum absolute atomic E-state index is 0.0366. The summed E-state index contributed by atoms with van der Waals surface area (Å²) in [6.07, 6.45) is 5.80. The van der Waals surface area contributed by atoms with Gasteiger partial charge >= 0.3 is 0 Å². The third kappa shape index (κ3) is 4.14. The molecular weight excluding hydrogens is 362 g/mol. The van der Waals surface area contributed by atoms with Crippen LogP contribution in [0.2, 0.25) is 0 Å². The Morgan fingerprint density at radius 1 is 1.10 bits per heavy atom. The lowest BCUT2D eigenvalue weighted by molar-refractivity contribution is -0.0630. The molecular formula is C24H33N3O2. The number of hydrogen-bond acceptors (Lipinski definition) is 5. The summed E-state index contributed by atoms with van der Waals surface area (Å²) in [5.41, 5.74) is 5.42.